The smallest absolute Gasteiger partial charge is 0.138 e. The van der Waals surface area contributed by atoms with Crippen molar-refractivity contribution >= 4 is 11.6 Å². The van der Waals surface area contributed by atoms with E-state index in [4.69, 9.17) is 16.3 Å². The Morgan fingerprint density at radius 2 is 2.27 bits per heavy atom. The van der Waals surface area contributed by atoms with Crippen molar-refractivity contribution in [2.24, 2.45) is 5.92 Å². The van der Waals surface area contributed by atoms with Crippen molar-refractivity contribution in [3.63, 3.8) is 0 Å². The average molecular weight is 224 g/mol. The Balaban J connectivity index is 2.65. The predicted molar refractivity (Wildman–Crippen MR) is 62.2 cm³/mol. The van der Waals surface area contributed by atoms with Crippen LogP contribution in [0.2, 0.25) is 0 Å². The van der Waals surface area contributed by atoms with Gasteiger partial charge in [-0.05, 0) is 12.0 Å². The van der Waals surface area contributed by atoms with Gasteiger partial charge in [-0.2, -0.15) is 0 Å². The lowest BCUT2D eigenvalue weighted by Crippen LogP contribution is -2.04. The van der Waals surface area contributed by atoms with Crippen molar-refractivity contribution in [2.75, 3.05) is 12.5 Å². The van der Waals surface area contributed by atoms with E-state index in [1.54, 1.807) is 12.4 Å². The molecule has 0 aromatic carbocycles. The minimum atomic E-state index is 0.330. The Hall–Kier alpha value is -1.20. The highest BCUT2D eigenvalue weighted by Crippen LogP contribution is 2.11. The molecular weight excluding hydrogens is 210 g/mol. The summed E-state index contributed by atoms with van der Waals surface area (Å²) in [6.07, 6.45) is 3.38. The topological polar surface area (TPSA) is 22.1 Å². The zero-order valence-electron chi connectivity index (χ0n) is 8.96. The quantitative estimate of drug-likeness (QED) is 0.581. The van der Waals surface area contributed by atoms with Crippen molar-refractivity contribution < 1.29 is 4.74 Å². The first kappa shape index (κ1) is 11.9. The Bertz CT molecular complexity index is 365. The Labute approximate surface area is 95.6 Å². The maximum Gasteiger partial charge on any atom is 0.138 e. The Morgan fingerprint density at radius 1 is 1.47 bits per heavy atom. The normalized spacial score (nSPS) is 9.60. The molecule has 15 heavy (non-hydrogen) atoms. The van der Waals surface area contributed by atoms with E-state index in [-0.39, 0.29) is 0 Å². The molecule has 0 spiro atoms. The highest BCUT2D eigenvalue weighted by Gasteiger charge is 1.98. The third kappa shape index (κ3) is 4.71. The second-order valence-corrected chi connectivity index (χ2v) is 3.82. The van der Waals surface area contributed by atoms with Crippen molar-refractivity contribution in [2.45, 2.75) is 13.8 Å². The van der Waals surface area contributed by atoms with Gasteiger partial charge in [-0.1, -0.05) is 25.7 Å². The highest BCUT2D eigenvalue weighted by molar-refractivity contribution is 6.19. The zero-order chi connectivity index (χ0) is 11.1. The lowest BCUT2D eigenvalue weighted by Gasteiger charge is -2.07. The van der Waals surface area contributed by atoms with E-state index in [0.29, 0.717) is 18.4 Å². The molecule has 1 aromatic rings. The summed E-state index contributed by atoms with van der Waals surface area (Å²) in [5.41, 5.74) is 0.830. The Morgan fingerprint density at radius 3 is 2.93 bits per heavy atom. The van der Waals surface area contributed by atoms with E-state index in [1.165, 1.54) is 0 Å². The van der Waals surface area contributed by atoms with E-state index in [1.807, 2.05) is 6.07 Å². The van der Waals surface area contributed by atoms with Gasteiger partial charge in [0, 0.05) is 11.8 Å². The number of halogens is 1. The number of rotatable bonds is 3. The van der Waals surface area contributed by atoms with Crippen LogP contribution in [0.1, 0.15) is 19.4 Å². The molecule has 0 saturated heterocycles. The van der Waals surface area contributed by atoms with Crippen LogP contribution in [0.5, 0.6) is 5.75 Å². The molecule has 0 N–H and O–H groups in total. The summed E-state index contributed by atoms with van der Waals surface area (Å²) in [6.45, 7) is 4.89. The van der Waals surface area contributed by atoms with Crippen LogP contribution in [0.3, 0.4) is 0 Å². The second-order valence-electron chi connectivity index (χ2n) is 3.55. The first-order chi connectivity index (χ1) is 7.22. The Kier molecular flexibility index (Phi) is 5.00. The van der Waals surface area contributed by atoms with Gasteiger partial charge < -0.3 is 4.74 Å². The van der Waals surface area contributed by atoms with Gasteiger partial charge in [0.2, 0.25) is 0 Å². The fraction of sp³-hybridized carbons (Fsp3) is 0.417. The van der Waals surface area contributed by atoms with Crippen molar-refractivity contribution in [1.82, 2.24) is 4.98 Å². The van der Waals surface area contributed by atoms with E-state index in [0.717, 1.165) is 11.3 Å². The predicted octanol–water partition coefficient (Wildman–Crippen LogP) is 2.71. The summed E-state index contributed by atoms with van der Waals surface area (Å²) < 4.78 is 5.52. The molecule has 0 amide bonds. The molecule has 0 aliphatic carbocycles. The average Bonchev–Trinajstić information content (AvgIpc) is 2.24. The number of ether oxygens (including phenoxy) is 1. The molecule has 0 radical (unpaired) electrons. The van der Waals surface area contributed by atoms with Crippen LogP contribution in [0.4, 0.5) is 0 Å². The molecule has 2 nitrogen and oxygen atoms in total. The SMILES string of the molecule is CC(C)COc1cncc(C#CCCl)c1. The summed E-state index contributed by atoms with van der Waals surface area (Å²) >= 11 is 5.47. The monoisotopic (exact) mass is 223 g/mol. The van der Waals surface area contributed by atoms with Crippen LogP contribution in [-0.2, 0) is 0 Å². The van der Waals surface area contributed by atoms with Gasteiger partial charge in [-0.3, -0.25) is 4.98 Å². The fourth-order valence-corrected chi connectivity index (χ4v) is 1.03. The van der Waals surface area contributed by atoms with Crippen molar-refractivity contribution in [3.8, 4) is 17.6 Å². The summed E-state index contributed by atoms with van der Waals surface area (Å²) in [5, 5.41) is 0. The van der Waals surface area contributed by atoms with Crippen molar-refractivity contribution in [3.05, 3.63) is 24.0 Å². The number of hydrogen-bond acceptors (Lipinski definition) is 2. The second kappa shape index (κ2) is 6.31. The van der Waals surface area contributed by atoms with Crippen LogP contribution in [0.25, 0.3) is 0 Å². The standard InChI is InChI=1S/C12H14ClNO/c1-10(2)9-15-12-6-11(4-3-5-13)7-14-8-12/h6-8,10H,5,9H2,1-2H3. The minimum Gasteiger partial charge on any atom is -0.492 e. The van der Waals surface area contributed by atoms with Crippen LogP contribution in [0.15, 0.2) is 18.5 Å². The molecule has 1 heterocycles. The first-order valence-electron chi connectivity index (χ1n) is 4.85. The van der Waals surface area contributed by atoms with Crippen molar-refractivity contribution in [1.29, 1.82) is 0 Å². The molecule has 3 heteroatoms. The van der Waals surface area contributed by atoms with Gasteiger partial charge >= 0.3 is 0 Å². The molecule has 0 unspecified atom stereocenters. The van der Waals surface area contributed by atoms with E-state index < -0.39 is 0 Å². The molecular formula is C12H14ClNO. The van der Waals surface area contributed by atoms with E-state index in [2.05, 4.69) is 30.7 Å². The lowest BCUT2D eigenvalue weighted by molar-refractivity contribution is 0.270. The van der Waals surface area contributed by atoms with Crippen LogP contribution in [-0.4, -0.2) is 17.5 Å². The molecule has 0 aliphatic rings. The number of alkyl halides is 1. The highest BCUT2D eigenvalue weighted by atomic mass is 35.5. The van der Waals surface area contributed by atoms with Gasteiger partial charge in [0.25, 0.3) is 0 Å². The number of hydrogen-bond donors (Lipinski definition) is 0. The number of pyridine rings is 1. The molecule has 1 rings (SSSR count). The maximum absolute atomic E-state index is 5.52. The van der Waals surface area contributed by atoms with Gasteiger partial charge in [0.15, 0.2) is 0 Å². The van der Waals surface area contributed by atoms with Crippen LogP contribution in [0, 0.1) is 17.8 Å². The number of nitrogens with zero attached hydrogens (tertiary/aromatic N) is 1. The van der Waals surface area contributed by atoms with E-state index in [9.17, 15) is 0 Å². The maximum atomic E-state index is 5.52. The minimum absolute atomic E-state index is 0.330. The first-order valence-corrected chi connectivity index (χ1v) is 5.38. The fourth-order valence-electron chi connectivity index (χ4n) is 0.964. The third-order valence-corrected chi connectivity index (χ3v) is 1.73. The summed E-state index contributed by atoms with van der Waals surface area (Å²) in [4.78, 5) is 4.04. The van der Waals surface area contributed by atoms with Crippen LogP contribution < -0.4 is 4.74 Å². The molecule has 80 valence electrons. The summed E-state index contributed by atoms with van der Waals surface area (Å²) in [5.74, 6) is 7.26. The van der Waals surface area contributed by atoms with Gasteiger partial charge in [0.05, 0.1) is 18.7 Å². The molecule has 0 atom stereocenters. The molecule has 0 fully saturated rings. The third-order valence-electron chi connectivity index (χ3n) is 1.60. The van der Waals surface area contributed by atoms with Gasteiger partial charge in [0.1, 0.15) is 5.75 Å². The summed E-state index contributed by atoms with van der Waals surface area (Å²) in [7, 11) is 0. The van der Waals surface area contributed by atoms with E-state index >= 15 is 0 Å². The largest absolute Gasteiger partial charge is 0.492 e. The zero-order valence-corrected chi connectivity index (χ0v) is 9.71. The van der Waals surface area contributed by atoms with Gasteiger partial charge in [-0.25, -0.2) is 0 Å². The molecule has 1 aromatic heterocycles. The molecule has 0 aliphatic heterocycles. The lowest BCUT2D eigenvalue weighted by atomic mass is 10.2. The van der Waals surface area contributed by atoms with Gasteiger partial charge in [-0.15, -0.1) is 11.6 Å². The number of aromatic nitrogens is 1. The van der Waals surface area contributed by atoms with Crippen LogP contribution >= 0.6 is 11.6 Å². The molecule has 0 saturated carbocycles. The molecule has 0 bridgehead atoms. The summed E-state index contributed by atoms with van der Waals surface area (Å²) in [6, 6.07) is 1.87.